The van der Waals surface area contributed by atoms with Crippen LogP contribution in [0.15, 0.2) is 30.3 Å². The first kappa shape index (κ1) is 17.4. The summed E-state index contributed by atoms with van der Waals surface area (Å²) >= 11 is 0. The van der Waals surface area contributed by atoms with E-state index in [-0.39, 0.29) is 18.1 Å². The zero-order valence-corrected chi connectivity index (χ0v) is 14.2. The van der Waals surface area contributed by atoms with E-state index in [2.05, 4.69) is 22.2 Å². The Morgan fingerprint density at radius 3 is 2.67 bits per heavy atom. The van der Waals surface area contributed by atoms with Gasteiger partial charge in [0.1, 0.15) is 6.10 Å². The van der Waals surface area contributed by atoms with Gasteiger partial charge >= 0.3 is 0 Å². The Morgan fingerprint density at radius 1 is 1.25 bits per heavy atom. The summed E-state index contributed by atoms with van der Waals surface area (Å²) in [5, 5.41) is 13.4. The normalized spacial score (nSPS) is 28.8. The van der Waals surface area contributed by atoms with Crippen molar-refractivity contribution >= 4 is 5.91 Å². The molecule has 2 N–H and O–H groups in total. The van der Waals surface area contributed by atoms with Gasteiger partial charge in [0.05, 0.1) is 25.2 Å². The van der Waals surface area contributed by atoms with Crippen LogP contribution in [-0.2, 0) is 16.0 Å². The van der Waals surface area contributed by atoms with E-state index in [0.29, 0.717) is 13.0 Å². The lowest BCUT2D eigenvalue weighted by atomic mass is 10.1. The Labute approximate surface area is 143 Å². The molecule has 24 heavy (non-hydrogen) atoms. The Morgan fingerprint density at radius 2 is 1.96 bits per heavy atom. The molecule has 2 saturated heterocycles. The third-order valence-corrected chi connectivity index (χ3v) is 4.87. The number of carbonyl (C=O) groups is 1. The lowest BCUT2D eigenvalue weighted by molar-refractivity contribution is -0.121. The molecule has 2 fully saturated rings. The van der Waals surface area contributed by atoms with E-state index in [9.17, 15) is 9.90 Å². The number of rotatable bonds is 5. The van der Waals surface area contributed by atoms with Gasteiger partial charge in [-0.2, -0.15) is 0 Å². The summed E-state index contributed by atoms with van der Waals surface area (Å²) in [7, 11) is 2.12. The summed E-state index contributed by atoms with van der Waals surface area (Å²) in [6, 6.07) is 9.30. The largest absolute Gasteiger partial charge is 0.388 e. The molecular formula is C18H27N3O3. The Balaban J connectivity index is 1.45. The minimum atomic E-state index is -0.649. The highest BCUT2D eigenvalue weighted by molar-refractivity contribution is 5.79. The molecule has 2 heterocycles. The topological polar surface area (TPSA) is 65.0 Å². The van der Waals surface area contributed by atoms with Crippen LogP contribution in [0.5, 0.6) is 0 Å². The van der Waals surface area contributed by atoms with Crippen LogP contribution in [0.25, 0.3) is 0 Å². The third kappa shape index (κ3) is 4.54. The Kier molecular flexibility index (Phi) is 5.84. The van der Waals surface area contributed by atoms with Crippen LogP contribution in [0, 0.1) is 0 Å². The molecule has 3 rings (SSSR count). The van der Waals surface area contributed by atoms with E-state index in [1.807, 2.05) is 30.3 Å². The molecule has 0 saturated carbocycles. The van der Waals surface area contributed by atoms with Crippen LogP contribution < -0.4 is 5.32 Å². The highest BCUT2D eigenvalue weighted by Crippen LogP contribution is 2.17. The first-order valence-corrected chi connectivity index (χ1v) is 8.65. The van der Waals surface area contributed by atoms with Crippen molar-refractivity contribution in [3.8, 4) is 0 Å². The van der Waals surface area contributed by atoms with Crippen LogP contribution >= 0.6 is 0 Å². The van der Waals surface area contributed by atoms with Crippen molar-refractivity contribution in [3.63, 3.8) is 0 Å². The van der Waals surface area contributed by atoms with Gasteiger partial charge < -0.3 is 20.1 Å². The van der Waals surface area contributed by atoms with E-state index in [0.717, 1.165) is 38.3 Å². The zero-order chi connectivity index (χ0) is 16.9. The maximum atomic E-state index is 12.2. The molecule has 6 heteroatoms. The second-order valence-corrected chi connectivity index (χ2v) is 6.80. The molecule has 6 nitrogen and oxygen atoms in total. The van der Waals surface area contributed by atoms with Gasteiger partial charge in [0.25, 0.3) is 0 Å². The van der Waals surface area contributed by atoms with Gasteiger partial charge in [0, 0.05) is 32.7 Å². The molecular weight excluding hydrogens is 306 g/mol. The van der Waals surface area contributed by atoms with Gasteiger partial charge in [0.15, 0.2) is 0 Å². The van der Waals surface area contributed by atoms with E-state index < -0.39 is 6.10 Å². The second kappa shape index (κ2) is 8.07. The van der Waals surface area contributed by atoms with Crippen LogP contribution in [0.2, 0.25) is 0 Å². The molecule has 0 unspecified atom stereocenters. The number of hydrogen-bond acceptors (Lipinski definition) is 5. The average Bonchev–Trinajstić information content (AvgIpc) is 2.91. The lowest BCUT2D eigenvalue weighted by Crippen LogP contribution is -2.50. The van der Waals surface area contributed by atoms with Crippen LogP contribution in [-0.4, -0.2) is 85.4 Å². The van der Waals surface area contributed by atoms with Crippen LogP contribution in [0.1, 0.15) is 5.56 Å². The quantitative estimate of drug-likeness (QED) is 0.776. The van der Waals surface area contributed by atoms with Gasteiger partial charge in [-0.15, -0.1) is 0 Å². The minimum absolute atomic E-state index is 0.0749. The summed E-state index contributed by atoms with van der Waals surface area (Å²) in [5.74, 6) is -0.0749. The molecule has 0 bridgehead atoms. The summed E-state index contributed by atoms with van der Waals surface area (Å²) < 4.78 is 5.74. The molecule has 2 aliphatic heterocycles. The van der Waals surface area contributed by atoms with Crippen LogP contribution in [0.3, 0.4) is 0 Å². The summed E-state index contributed by atoms with van der Waals surface area (Å²) in [6.45, 7) is 5.17. The first-order chi connectivity index (χ1) is 11.6. The number of nitrogens with one attached hydrogen (secondary N) is 1. The van der Waals surface area contributed by atoms with E-state index in [1.54, 1.807) is 0 Å². The standard InChI is InChI=1S/C18H27N3O3/c1-20-7-9-21(10-8-20)12-16-18(23)15(13-24-16)19-17(22)11-14-5-3-2-4-6-14/h2-6,15-16,18,23H,7-13H2,1H3,(H,19,22)/t15-,16-,18+/m0/s1. The summed E-state index contributed by atoms with van der Waals surface area (Å²) in [4.78, 5) is 16.8. The number of aliphatic hydroxyl groups is 1. The van der Waals surface area contributed by atoms with Crippen molar-refractivity contribution in [3.05, 3.63) is 35.9 Å². The highest BCUT2D eigenvalue weighted by Gasteiger charge is 2.37. The molecule has 1 aromatic carbocycles. The van der Waals surface area contributed by atoms with E-state index in [1.165, 1.54) is 0 Å². The Hall–Kier alpha value is -1.47. The summed E-state index contributed by atoms with van der Waals surface area (Å²) in [6.07, 6.45) is -0.549. The van der Waals surface area contributed by atoms with Gasteiger partial charge in [0.2, 0.25) is 5.91 Å². The number of amides is 1. The molecule has 1 aromatic rings. The maximum Gasteiger partial charge on any atom is 0.224 e. The fourth-order valence-electron chi connectivity index (χ4n) is 3.30. The number of ether oxygens (including phenoxy) is 1. The van der Waals surface area contributed by atoms with Gasteiger partial charge in [-0.05, 0) is 12.6 Å². The number of benzene rings is 1. The molecule has 1 amide bonds. The van der Waals surface area contributed by atoms with E-state index in [4.69, 9.17) is 4.74 Å². The molecule has 0 aromatic heterocycles. The number of nitrogens with zero attached hydrogens (tertiary/aromatic N) is 2. The smallest absolute Gasteiger partial charge is 0.224 e. The van der Waals surface area contributed by atoms with Crippen molar-refractivity contribution in [2.75, 3.05) is 46.4 Å². The molecule has 3 atom stereocenters. The van der Waals surface area contributed by atoms with Crippen molar-refractivity contribution < 1.29 is 14.6 Å². The number of aliphatic hydroxyl groups excluding tert-OH is 1. The van der Waals surface area contributed by atoms with Crippen molar-refractivity contribution in [2.45, 2.75) is 24.7 Å². The van der Waals surface area contributed by atoms with Crippen LogP contribution in [0.4, 0.5) is 0 Å². The van der Waals surface area contributed by atoms with Crippen molar-refractivity contribution in [1.82, 2.24) is 15.1 Å². The first-order valence-electron chi connectivity index (χ1n) is 8.65. The van der Waals surface area contributed by atoms with Gasteiger partial charge in [-0.1, -0.05) is 30.3 Å². The SMILES string of the molecule is CN1CCN(C[C@@H]2OC[C@H](NC(=O)Cc3ccccc3)[C@H]2O)CC1. The molecule has 0 aliphatic carbocycles. The zero-order valence-electron chi connectivity index (χ0n) is 14.2. The molecule has 2 aliphatic rings. The summed E-state index contributed by atoms with van der Waals surface area (Å²) in [5.41, 5.74) is 0.970. The van der Waals surface area contributed by atoms with E-state index >= 15 is 0 Å². The number of likely N-dealkylation sites (N-methyl/N-ethyl adjacent to an activating group) is 1. The second-order valence-electron chi connectivity index (χ2n) is 6.80. The number of hydrogen-bond donors (Lipinski definition) is 2. The van der Waals surface area contributed by atoms with Gasteiger partial charge in [-0.3, -0.25) is 9.69 Å². The molecule has 0 spiro atoms. The third-order valence-electron chi connectivity index (χ3n) is 4.87. The Bertz CT molecular complexity index is 532. The maximum absolute atomic E-state index is 12.2. The predicted molar refractivity (Wildman–Crippen MR) is 91.8 cm³/mol. The van der Waals surface area contributed by atoms with Crippen molar-refractivity contribution in [1.29, 1.82) is 0 Å². The fourth-order valence-corrected chi connectivity index (χ4v) is 3.30. The predicted octanol–water partition coefficient (Wildman–Crippen LogP) is -0.279. The highest BCUT2D eigenvalue weighted by atomic mass is 16.5. The molecule has 132 valence electrons. The average molecular weight is 333 g/mol. The minimum Gasteiger partial charge on any atom is -0.388 e. The van der Waals surface area contributed by atoms with Gasteiger partial charge in [-0.25, -0.2) is 0 Å². The lowest BCUT2D eigenvalue weighted by Gasteiger charge is -2.34. The molecule has 0 radical (unpaired) electrons. The van der Waals surface area contributed by atoms with Crippen molar-refractivity contribution in [2.24, 2.45) is 0 Å². The fraction of sp³-hybridized carbons (Fsp3) is 0.611. The number of carbonyl (C=O) groups excluding carboxylic acids is 1. The monoisotopic (exact) mass is 333 g/mol. The number of piperazine rings is 1.